The number of thiophene rings is 1. The van der Waals surface area contributed by atoms with Gasteiger partial charge < -0.3 is 19.5 Å². The molecule has 0 saturated heterocycles. The van der Waals surface area contributed by atoms with Crippen LogP contribution in [0.15, 0.2) is 18.2 Å². The highest BCUT2D eigenvalue weighted by Crippen LogP contribution is 2.37. The van der Waals surface area contributed by atoms with Gasteiger partial charge >= 0.3 is 5.97 Å². The molecule has 0 spiro atoms. The van der Waals surface area contributed by atoms with E-state index in [2.05, 4.69) is 11.4 Å². The van der Waals surface area contributed by atoms with Crippen LogP contribution < -0.4 is 14.8 Å². The Kier molecular flexibility index (Phi) is 5.17. The molecule has 1 aromatic heterocycles. The van der Waals surface area contributed by atoms with Crippen LogP contribution in [0.25, 0.3) is 0 Å². The molecule has 0 atom stereocenters. The van der Waals surface area contributed by atoms with Gasteiger partial charge in [-0.1, -0.05) is 6.42 Å². The number of fused-ring (bicyclic) bond motifs is 2. The standard InChI is InChI=1S/C20H18N2O5S/c21-9-14-13-4-2-1-3-5-17(13)28-19(14)22-18(23)10-25-20(24)12-6-7-15-16(8-12)27-11-26-15/h6-8H,1-5,10-11H2,(H,22,23). The highest BCUT2D eigenvalue weighted by atomic mass is 32.1. The van der Waals surface area contributed by atoms with Gasteiger partial charge in [-0.2, -0.15) is 5.26 Å². The molecule has 2 heterocycles. The Labute approximate surface area is 165 Å². The molecule has 2 aromatic rings. The fraction of sp³-hybridized carbons (Fsp3) is 0.350. The van der Waals surface area contributed by atoms with Gasteiger partial charge in [0.1, 0.15) is 11.1 Å². The summed E-state index contributed by atoms with van der Waals surface area (Å²) >= 11 is 1.45. The summed E-state index contributed by atoms with van der Waals surface area (Å²) in [6, 6.07) is 6.91. The van der Waals surface area contributed by atoms with Crippen LogP contribution in [-0.2, 0) is 22.4 Å². The van der Waals surface area contributed by atoms with E-state index >= 15 is 0 Å². The molecular formula is C20H18N2O5S. The van der Waals surface area contributed by atoms with Crippen LogP contribution in [-0.4, -0.2) is 25.3 Å². The topological polar surface area (TPSA) is 97.7 Å². The average molecular weight is 398 g/mol. The molecule has 1 N–H and O–H groups in total. The van der Waals surface area contributed by atoms with E-state index in [9.17, 15) is 14.9 Å². The summed E-state index contributed by atoms with van der Waals surface area (Å²) in [5.74, 6) is -0.0636. The van der Waals surface area contributed by atoms with E-state index in [-0.39, 0.29) is 12.4 Å². The summed E-state index contributed by atoms with van der Waals surface area (Å²) in [6.07, 6.45) is 5.11. The first-order chi connectivity index (χ1) is 13.7. The second kappa shape index (κ2) is 7.90. The summed E-state index contributed by atoms with van der Waals surface area (Å²) in [5, 5.41) is 12.8. The lowest BCUT2D eigenvalue weighted by Crippen LogP contribution is -2.20. The number of hydrogen-bond donors (Lipinski definition) is 1. The third-order valence-electron chi connectivity index (χ3n) is 4.73. The van der Waals surface area contributed by atoms with Gasteiger partial charge in [0.05, 0.1) is 11.1 Å². The molecule has 7 nitrogen and oxygen atoms in total. The zero-order valence-corrected chi connectivity index (χ0v) is 15.9. The molecule has 0 bridgehead atoms. The number of carbonyl (C=O) groups excluding carboxylic acids is 2. The van der Waals surface area contributed by atoms with Gasteiger partial charge in [-0.15, -0.1) is 11.3 Å². The Bertz CT molecular complexity index is 976. The van der Waals surface area contributed by atoms with E-state index in [1.54, 1.807) is 12.1 Å². The van der Waals surface area contributed by atoms with Gasteiger partial charge in [-0.05, 0) is 49.4 Å². The summed E-state index contributed by atoms with van der Waals surface area (Å²) < 4.78 is 15.5. The van der Waals surface area contributed by atoms with Crippen LogP contribution in [0.2, 0.25) is 0 Å². The molecule has 28 heavy (non-hydrogen) atoms. The fourth-order valence-corrected chi connectivity index (χ4v) is 4.61. The van der Waals surface area contributed by atoms with E-state index < -0.39 is 18.5 Å². The normalized spacial score (nSPS) is 14.5. The van der Waals surface area contributed by atoms with Crippen molar-refractivity contribution in [3.05, 3.63) is 39.8 Å². The number of nitrogens with one attached hydrogen (secondary N) is 1. The third kappa shape index (κ3) is 3.66. The predicted molar refractivity (Wildman–Crippen MR) is 102 cm³/mol. The lowest BCUT2D eigenvalue weighted by atomic mass is 10.1. The number of nitriles is 1. The Morgan fingerprint density at radius 3 is 2.86 bits per heavy atom. The number of hydrogen-bond acceptors (Lipinski definition) is 7. The zero-order chi connectivity index (χ0) is 19.5. The molecule has 0 fully saturated rings. The van der Waals surface area contributed by atoms with Crippen molar-refractivity contribution in [1.82, 2.24) is 0 Å². The molecule has 0 radical (unpaired) electrons. The number of rotatable bonds is 4. The number of carbonyl (C=O) groups is 2. The van der Waals surface area contributed by atoms with Gasteiger partial charge in [0.25, 0.3) is 5.91 Å². The van der Waals surface area contributed by atoms with Crippen LogP contribution >= 0.6 is 11.3 Å². The van der Waals surface area contributed by atoms with Gasteiger partial charge in [-0.25, -0.2) is 4.79 Å². The maximum Gasteiger partial charge on any atom is 0.338 e. The van der Waals surface area contributed by atoms with Crippen molar-refractivity contribution in [3.63, 3.8) is 0 Å². The van der Waals surface area contributed by atoms with Crippen molar-refractivity contribution < 1.29 is 23.8 Å². The maximum absolute atomic E-state index is 12.2. The first-order valence-electron chi connectivity index (χ1n) is 9.07. The molecule has 1 aliphatic carbocycles. The van der Waals surface area contributed by atoms with Crippen LogP contribution in [0.3, 0.4) is 0 Å². The molecular weight excluding hydrogens is 380 g/mol. The predicted octanol–water partition coefficient (Wildman–Crippen LogP) is 3.41. The van der Waals surface area contributed by atoms with Crippen molar-refractivity contribution in [3.8, 4) is 17.6 Å². The molecule has 8 heteroatoms. The monoisotopic (exact) mass is 398 g/mol. The van der Waals surface area contributed by atoms with Gasteiger partial charge in [0, 0.05) is 4.88 Å². The number of anilines is 1. The highest BCUT2D eigenvalue weighted by Gasteiger charge is 2.22. The van der Waals surface area contributed by atoms with Crippen LogP contribution in [0.1, 0.15) is 45.6 Å². The van der Waals surface area contributed by atoms with E-state index in [1.165, 1.54) is 22.3 Å². The lowest BCUT2D eigenvalue weighted by Gasteiger charge is -2.06. The Morgan fingerprint density at radius 2 is 2.00 bits per heavy atom. The third-order valence-corrected chi connectivity index (χ3v) is 5.94. The molecule has 1 aromatic carbocycles. The number of amides is 1. The summed E-state index contributed by atoms with van der Waals surface area (Å²) in [6.45, 7) is -0.317. The van der Waals surface area contributed by atoms with E-state index in [1.807, 2.05) is 0 Å². The van der Waals surface area contributed by atoms with Crippen LogP contribution in [0, 0.1) is 11.3 Å². The maximum atomic E-state index is 12.2. The van der Waals surface area contributed by atoms with E-state index in [0.717, 1.165) is 37.7 Å². The first kappa shape index (κ1) is 18.3. The second-order valence-electron chi connectivity index (χ2n) is 6.57. The van der Waals surface area contributed by atoms with Crippen LogP contribution in [0.4, 0.5) is 5.00 Å². The minimum atomic E-state index is -0.629. The molecule has 2 aliphatic rings. The summed E-state index contributed by atoms with van der Waals surface area (Å²) in [7, 11) is 0. The molecule has 0 saturated carbocycles. The quantitative estimate of drug-likeness (QED) is 0.626. The molecule has 1 amide bonds. The summed E-state index contributed by atoms with van der Waals surface area (Å²) in [5.41, 5.74) is 1.87. The van der Waals surface area contributed by atoms with Gasteiger partial charge in [0.2, 0.25) is 6.79 Å². The molecule has 4 rings (SSSR count). The number of ether oxygens (including phenoxy) is 3. The van der Waals surface area contributed by atoms with Crippen molar-refractivity contribution >= 4 is 28.2 Å². The molecule has 0 unspecified atom stereocenters. The first-order valence-corrected chi connectivity index (χ1v) is 9.88. The number of benzene rings is 1. The Morgan fingerprint density at radius 1 is 1.18 bits per heavy atom. The zero-order valence-electron chi connectivity index (χ0n) is 15.1. The number of esters is 1. The minimum Gasteiger partial charge on any atom is -0.454 e. The summed E-state index contributed by atoms with van der Waals surface area (Å²) in [4.78, 5) is 25.6. The van der Waals surface area contributed by atoms with Crippen molar-refractivity contribution in [2.24, 2.45) is 0 Å². The smallest absolute Gasteiger partial charge is 0.338 e. The largest absolute Gasteiger partial charge is 0.454 e. The average Bonchev–Trinajstić information content (AvgIpc) is 3.22. The van der Waals surface area contributed by atoms with Crippen molar-refractivity contribution in [2.45, 2.75) is 32.1 Å². The number of aryl methyl sites for hydroxylation is 1. The minimum absolute atomic E-state index is 0.113. The van der Waals surface area contributed by atoms with Gasteiger partial charge in [0.15, 0.2) is 18.1 Å². The lowest BCUT2D eigenvalue weighted by molar-refractivity contribution is -0.119. The highest BCUT2D eigenvalue weighted by molar-refractivity contribution is 7.16. The van der Waals surface area contributed by atoms with Gasteiger partial charge in [-0.3, -0.25) is 4.79 Å². The SMILES string of the molecule is N#Cc1c(NC(=O)COC(=O)c2ccc3c(c2)OCO3)sc2c1CCCCC2. The van der Waals surface area contributed by atoms with Crippen molar-refractivity contribution in [1.29, 1.82) is 5.26 Å². The van der Waals surface area contributed by atoms with Crippen LogP contribution in [0.5, 0.6) is 11.5 Å². The van der Waals surface area contributed by atoms with E-state index in [4.69, 9.17) is 14.2 Å². The Hall–Kier alpha value is -3.05. The second-order valence-corrected chi connectivity index (χ2v) is 7.68. The number of nitrogens with zero attached hydrogens (tertiary/aromatic N) is 1. The van der Waals surface area contributed by atoms with E-state index in [0.29, 0.717) is 22.1 Å². The van der Waals surface area contributed by atoms with Crippen molar-refractivity contribution in [2.75, 3.05) is 18.7 Å². The fourth-order valence-electron chi connectivity index (χ4n) is 3.35. The Balaban J connectivity index is 1.38. The molecule has 144 valence electrons. The molecule has 1 aliphatic heterocycles.